The van der Waals surface area contributed by atoms with Crippen molar-refractivity contribution in [1.29, 1.82) is 0 Å². The number of aryl methyl sites for hydroxylation is 2. The van der Waals surface area contributed by atoms with E-state index < -0.39 is 17.6 Å². The molecule has 0 aliphatic heterocycles. The number of carbonyl (C=O) groups is 1. The van der Waals surface area contributed by atoms with E-state index >= 15 is 0 Å². The molecule has 0 unspecified atom stereocenters. The van der Waals surface area contributed by atoms with Gasteiger partial charge in [0.15, 0.2) is 0 Å². The first-order chi connectivity index (χ1) is 17.2. The molecule has 2 aromatic heterocycles. The largest absolute Gasteiger partial charge is 0.416 e. The number of H-pyrrole nitrogens is 1. The smallest absolute Gasteiger partial charge is 0.329 e. The standard InChI is InChI=1S/C24H25F3N8O/c1-14-3-4-16(9-22(14)35-13-21(33-34-35)19-12-30-32-15(19)2)23(36)31-18-6-5-17(11-29-8-7-28)20(10-18)24(25,26)27/h3-6,9-10,12-13,29H,7-8,11,28H2,1-2H3,(H,30,32)(H,31,36). The van der Waals surface area contributed by atoms with E-state index in [4.69, 9.17) is 5.73 Å². The molecule has 0 saturated heterocycles. The van der Waals surface area contributed by atoms with Crippen molar-refractivity contribution in [3.63, 3.8) is 0 Å². The summed E-state index contributed by atoms with van der Waals surface area (Å²) < 4.78 is 42.4. The van der Waals surface area contributed by atoms with Gasteiger partial charge in [-0.25, -0.2) is 4.68 Å². The van der Waals surface area contributed by atoms with Crippen LogP contribution in [0.15, 0.2) is 48.8 Å². The highest BCUT2D eigenvalue weighted by atomic mass is 19.4. The van der Waals surface area contributed by atoms with Crippen molar-refractivity contribution in [2.45, 2.75) is 26.6 Å². The Morgan fingerprint density at radius 3 is 2.67 bits per heavy atom. The van der Waals surface area contributed by atoms with Gasteiger partial charge in [-0.05, 0) is 49.2 Å². The number of nitrogens with zero attached hydrogens (tertiary/aromatic N) is 4. The minimum Gasteiger partial charge on any atom is -0.329 e. The predicted molar refractivity (Wildman–Crippen MR) is 129 cm³/mol. The molecule has 0 radical (unpaired) electrons. The molecule has 1 amide bonds. The monoisotopic (exact) mass is 498 g/mol. The summed E-state index contributed by atoms with van der Waals surface area (Å²) >= 11 is 0. The zero-order valence-corrected chi connectivity index (χ0v) is 19.6. The SMILES string of the molecule is Cc1ccc(C(=O)Nc2ccc(CNCCN)c(C(F)(F)F)c2)cc1-n1cc(-c2cn[nH]c2C)nn1. The molecular weight excluding hydrogens is 473 g/mol. The Hall–Kier alpha value is -4.03. The average molecular weight is 499 g/mol. The summed E-state index contributed by atoms with van der Waals surface area (Å²) in [5.41, 5.74) is 8.63. The molecule has 0 aliphatic carbocycles. The number of hydrogen-bond donors (Lipinski definition) is 4. The topological polar surface area (TPSA) is 127 Å². The molecule has 188 valence electrons. The lowest BCUT2D eigenvalue weighted by Crippen LogP contribution is -2.23. The molecule has 0 bridgehead atoms. The molecule has 5 N–H and O–H groups in total. The number of aromatic nitrogens is 5. The summed E-state index contributed by atoms with van der Waals surface area (Å²) in [6.45, 7) is 4.44. The zero-order valence-electron chi connectivity index (χ0n) is 19.6. The number of aromatic amines is 1. The molecule has 0 fully saturated rings. The summed E-state index contributed by atoms with van der Waals surface area (Å²) in [7, 11) is 0. The Bertz CT molecular complexity index is 1380. The van der Waals surface area contributed by atoms with E-state index in [0.29, 0.717) is 24.5 Å². The number of rotatable bonds is 8. The third kappa shape index (κ3) is 5.44. The summed E-state index contributed by atoms with van der Waals surface area (Å²) in [5.74, 6) is -0.551. The number of nitrogens with one attached hydrogen (secondary N) is 3. The molecule has 0 aliphatic rings. The van der Waals surface area contributed by atoms with Crippen LogP contribution in [0.2, 0.25) is 0 Å². The van der Waals surface area contributed by atoms with E-state index in [1.807, 2.05) is 13.8 Å². The Morgan fingerprint density at radius 1 is 1.17 bits per heavy atom. The summed E-state index contributed by atoms with van der Waals surface area (Å²) in [6, 6.07) is 8.67. The van der Waals surface area contributed by atoms with Crippen molar-refractivity contribution >= 4 is 11.6 Å². The Balaban J connectivity index is 1.57. The molecule has 0 saturated carbocycles. The maximum atomic E-state index is 13.6. The molecule has 2 heterocycles. The van der Waals surface area contributed by atoms with Crippen LogP contribution in [-0.4, -0.2) is 44.2 Å². The van der Waals surface area contributed by atoms with E-state index in [1.165, 1.54) is 12.1 Å². The number of carbonyl (C=O) groups excluding carboxylic acids is 1. The van der Waals surface area contributed by atoms with Gasteiger partial charge in [0.25, 0.3) is 5.91 Å². The first-order valence-corrected chi connectivity index (χ1v) is 11.1. The molecule has 12 heteroatoms. The molecule has 4 aromatic rings. The van der Waals surface area contributed by atoms with Gasteiger partial charge in [-0.3, -0.25) is 9.89 Å². The van der Waals surface area contributed by atoms with Crippen molar-refractivity contribution < 1.29 is 18.0 Å². The van der Waals surface area contributed by atoms with Crippen LogP contribution < -0.4 is 16.4 Å². The highest BCUT2D eigenvalue weighted by Gasteiger charge is 2.33. The van der Waals surface area contributed by atoms with Crippen molar-refractivity contribution in [1.82, 2.24) is 30.5 Å². The number of halogens is 3. The van der Waals surface area contributed by atoms with Crippen LogP contribution in [0.1, 0.15) is 32.7 Å². The molecule has 9 nitrogen and oxygen atoms in total. The molecule has 4 rings (SSSR count). The first kappa shape index (κ1) is 25.1. The van der Waals surface area contributed by atoms with Crippen LogP contribution >= 0.6 is 0 Å². The second-order valence-corrected chi connectivity index (χ2v) is 8.25. The molecule has 0 spiro atoms. The molecule has 0 atom stereocenters. The normalized spacial score (nSPS) is 11.6. The molecular formula is C24H25F3N8O. The summed E-state index contributed by atoms with van der Waals surface area (Å²) in [4.78, 5) is 12.9. The lowest BCUT2D eigenvalue weighted by molar-refractivity contribution is -0.138. The fraction of sp³-hybridized carbons (Fsp3) is 0.250. The third-order valence-electron chi connectivity index (χ3n) is 5.63. The number of amides is 1. The average Bonchev–Trinajstić information content (AvgIpc) is 3.48. The van der Waals surface area contributed by atoms with Crippen LogP contribution in [0, 0.1) is 13.8 Å². The fourth-order valence-electron chi connectivity index (χ4n) is 3.71. The Labute approximate surface area is 204 Å². The minimum atomic E-state index is -4.57. The second-order valence-electron chi connectivity index (χ2n) is 8.25. The summed E-state index contributed by atoms with van der Waals surface area (Å²) in [5, 5.41) is 20.6. The summed E-state index contributed by atoms with van der Waals surface area (Å²) in [6.07, 6.45) is -1.21. The van der Waals surface area contributed by atoms with Gasteiger partial charge in [-0.15, -0.1) is 5.10 Å². The van der Waals surface area contributed by atoms with E-state index in [9.17, 15) is 18.0 Å². The Kier molecular flexibility index (Phi) is 7.17. The maximum absolute atomic E-state index is 13.6. The van der Waals surface area contributed by atoms with Gasteiger partial charge < -0.3 is 16.4 Å². The van der Waals surface area contributed by atoms with E-state index in [-0.39, 0.29) is 23.4 Å². The minimum absolute atomic E-state index is 0.0137. The van der Waals surface area contributed by atoms with Crippen LogP contribution in [0.3, 0.4) is 0 Å². The first-order valence-electron chi connectivity index (χ1n) is 11.1. The van der Waals surface area contributed by atoms with Crippen LogP contribution in [0.5, 0.6) is 0 Å². The third-order valence-corrected chi connectivity index (χ3v) is 5.63. The Morgan fingerprint density at radius 2 is 1.97 bits per heavy atom. The van der Waals surface area contributed by atoms with Crippen molar-refractivity contribution in [2.24, 2.45) is 5.73 Å². The fourth-order valence-corrected chi connectivity index (χ4v) is 3.71. The van der Waals surface area contributed by atoms with Gasteiger partial charge >= 0.3 is 6.18 Å². The van der Waals surface area contributed by atoms with E-state index in [0.717, 1.165) is 22.9 Å². The molecule has 2 aromatic carbocycles. The van der Waals surface area contributed by atoms with Gasteiger partial charge in [0.1, 0.15) is 5.69 Å². The van der Waals surface area contributed by atoms with Crippen LogP contribution in [-0.2, 0) is 12.7 Å². The highest BCUT2D eigenvalue weighted by molar-refractivity contribution is 6.04. The maximum Gasteiger partial charge on any atom is 0.416 e. The van der Waals surface area contributed by atoms with Gasteiger partial charge in [0, 0.05) is 42.1 Å². The van der Waals surface area contributed by atoms with Gasteiger partial charge in [-0.1, -0.05) is 17.3 Å². The lowest BCUT2D eigenvalue weighted by atomic mass is 10.1. The second kappa shape index (κ2) is 10.3. The van der Waals surface area contributed by atoms with Gasteiger partial charge in [0.2, 0.25) is 0 Å². The zero-order chi connectivity index (χ0) is 25.9. The van der Waals surface area contributed by atoms with Gasteiger partial charge in [-0.2, -0.15) is 18.3 Å². The van der Waals surface area contributed by atoms with Crippen molar-refractivity contribution in [2.75, 3.05) is 18.4 Å². The number of benzene rings is 2. The molecule has 36 heavy (non-hydrogen) atoms. The quantitative estimate of drug-likeness (QED) is 0.275. The number of anilines is 1. The predicted octanol–water partition coefficient (Wildman–Crippen LogP) is 3.59. The van der Waals surface area contributed by atoms with Crippen molar-refractivity contribution in [3.8, 4) is 16.9 Å². The highest BCUT2D eigenvalue weighted by Crippen LogP contribution is 2.34. The number of hydrogen-bond acceptors (Lipinski definition) is 6. The van der Waals surface area contributed by atoms with Crippen molar-refractivity contribution in [3.05, 3.63) is 76.7 Å². The van der Waals surface area contributed by atoms with E-state index in [1.54, 1.807) is 35.3 Å². The lowest BCUT2D eigenvalue weighted by Gasteiger charge is -2.16. The van der Waals surface area contributed by atoms with E-state index in [2.05, 4.69) is 31.1 Å². The van der Waals surface area contributed by atoms with Crippen LogP contribution in [0.4, 0.5) is 18.9 Å². The number of alkyl halides is 3. The van der Waals surface area contributed by atoms with Crippen LogP contribution in [0.25, 0.3) is 16.9 Å². The van der Waals surface area contributed by atoms with Gasteiger partial charge in [0.05, 0.1) is 23.6 Å². The number of nitrogens with two attached hydrogens (primary N) is 1.